The molecular weight excluding hydrogens is 242 g/mol. The van der Waals surface area contributed by atoms with Crippen molar-refractivity contribution in [3.8, 4) is 0 Å². The molecule has 2 rings (SSSR count). The number of hydrogen-bond acceptors (Lipinski definition) is 1. The van der Waals surface area contributed by atoms with Crippen LogP contribution in [0.3, 0.4) is 0 Å². The van der Waals surface area contributed by atoms with E-state index in [0.717, 1.165) is 11.4 Å². The molecule has 2 N–H and O–H groups in total. The molecule has 1 aromatic carbocycles. The van der Waals surface area contributed by atoms with Gasteiger partial charge in [-0.25, -0.2) is 0 Å². The molecule has 1 atom stereocenters. The van der Waals surface area contributed by atoms with Crippen LogP contribution in [0.4, 0.5) is 0 Å². The second-order valence-corrected chi connectivity index (χ2v) is 5.65. The van der Waals surface area contributed by atoms with Gasteiger partial charge in [0.15, 0.2) is 0 Å². The third kappa shape index (κ3) is 3.37. The van der Waals surface area contributed by atoms with Crippen molar-refractivity contribution in [3.05, 3.63) is 46.0 Å². The van der Waals surface area contributed by atoms with Gasteiger partial charge in [0.05, 0.1) is 6.04 Å². The minimum Gasteiger partial charge on any atom is -0.321 e. The minimum atomic E-state index is 0.0156. The van der Waals surface area contributed by atoms with Gasteiger partial charge in [0.2, 0.25) is 0 Å². The number of benzene rings is 1. The van der Waals surface area contributed by atoms with E-state index in [-0.39, 0.29) is 6.04 Å². The van der Waals surface area contributed by atoms with Crippen molar-refractivity contribution in [1.82, 2.24) is 0 Å². The summed E-state index contributed by atoms with van der Waals surface area (Å²) in [6, 6.07) is 6.02. The molecule has 0 bridgehead atoms. The van der Waals surface area contributed by atoms with Crippen LogP contribution in [-0.2, 0) is 0 Å². The second kappa shape index (κ2) is 6.40. The molecule has 0 saturated heterocycles. The largest absolute Gasteiger partial charge is 0.321 e. The lowest BCUT2D eigenvalue weighted by Gasteiger charge is -2.20. The molecule has 2 heteroatoms. The first kappa shape index (κ1) is 13.6. The fraction of sp³-hybridized carbons (Fsp3) is 0.500. The molecule has 0 heterocycles. The maximum Gasteiger partial charge on any atom is 0.0514 e. The van der Waals surface area contributed by atoms with Gasteiger partial charge < -0.3 is 5.73 Å². The van der Waals surface area contributed by atoms with Crippen LogP contribution in [0, 0.1) is 6.92 Å². The Balaban J connectivity index is 2.23. The lowest BCUT2D eigenvalue weighted by atomic mass is 9.90. The molecule has 0 aromatic heterocycles. The molecule has 0 radical (unpaired) electrons. The summed E-state index contributed by atoms with van der Waals surface area (Å²) in [4.78, 5) is 0. The van der Waals surface area contributed by atoms with Crippen LogP contribution >= 0.6 is 11.6 Å². The molecule has 18 heavy (non-hydrogen) atoms. The van der Waals surface area contributed by atoms with E-state index in [1.54, 1.807) is 0 Å². The van der Waals surface area contributed by atoms with Gasteiger partial charge in [-0.3, -0.25) is 0 Å². The number of nitrogens with two attached hydrogens (primary N) is 1. The Hall–Kier alpha value is -0.790. The van der Waals surface area contributed by atoms with Crippen LogP contribution in [-0.4, -0.2) is 0 Å². The van der Waals surface area contributed by atoms with Crippen molar-refractivity contribution in [3.63, 3.8) is 0 Å². The Morgan fingerprint density at radius 2 is 1.94 bits per heavy atom. The molecule has 1 aromatic rings. The summed E-state index contributed by atoms with van der Waals surface area (Å²) < 4.78 is 0. The number of halogens is 1. The van der Waals surface area contributed by atoms with E-state index >= 15 is 0 Å². The number of aryl methyl sites for hydroxylation is 1. The summed E-state index contributed by atoms with van der Waals surface area (Å²) in [5.41, 5.74) is 10.2. The van der Waals surface area contributed by atoms with E-state index in [1.165, 1.54) is 48.8 Å². The molecular formula is C16H22ClN. The molecule has 1 aliphatic rings. The number of hydrogen-bond donors (Lipinski definition) is 1. The molecule has 0 fully saturated rings. The van der Waals surface area contributed by atoms with Crippen molar-refractivity contribution in [1.29, 1.82) is 0 Å². The molecule has 1 aliphatic carbocycles. The number of rotatable bonds is 2. The Labute approximate surface area is 115 Å². The minimum absolute atomic E-state index is 0.0156. The van der Waals surface area contributed by atoms with Gasteiger partial charge in [-0.05, 0) is 55.9 Å². The zero-order valence-electron chi connectivity index (χ0n) is 11.1. The third-order valence-corrected chi connectivity index (χ3v) is 4.04. The highest BCUT2D eigenvalue weighted by Gasteiger charge is 2.15. The smallest absolute Gasteiger partial charge is 0.0514 e. The Morgan fingerprint density at radius 3 is 2.78 bits per heavy atom. The Kier molecular flexibility index (Phi) is 4.85. The highest BCUT2D eigenvalue weighted by Crippen LogP contribution is 2.30. The van der Waals surface area contributed by atoms with Gasteiger partial charge in [-0.2, -0.15) is 0 Å². The second-order valence-electron chi connectivity index (χ2n) is 5.21. The molecule has 0 spiro atoms. The molecule has 98 valence electrons. The van der Waals surface area contributed by atoms with Crippen LogP contribution in [0.1, 0.15) is 55.7 Å². The predicted octanol–water partition coefficient (Wildman–Crippen LogP) is 4.93. The summed E-state index contributed by atoms with van der Waals surface area (Å²) >= 11 is 6.08. The van der Waals surface area contributed by atoms with Gasteiger partial charge in [0, 0.05) is 5.02 Å². The Morgan fingerprint density at radius 1 is 1.17 bits per heavy atom. The van der Waals surface area contributed by atoms with E-state index in [0.29, 0.717) is 0 Å². The van der Waals surface area contributed by atoms with Crippen molar-refractivity contribution in [2.24, 2.45) is 5.73 Å². The summed E-state index contributed by atoms with van der Waals surface area (Å²) in [6.07, 6.45) is 9.90. The van der Waals surface area contributed by atoms with E-state index in [9.17, 15) is 0 Å². The highest BCUT2D eigenvalue weighted by atomic mass is 35.5. The predicted molar refractivity (Wildman–Crippen MR) is 78.9 cm³/mol. The average molecular weight is 264 g/mol. The first-order valence-corrected chi connectivity index (χ1v) is 7.27. The molecule has 0 saturated carbocycles. The summed E-state index contributed by atoms with van der Waals surface area (Å²) in [6.45, 7) is 2.11. The standard InChI is InChI=1S/C16H22ClN/c1-12-9-10-14(17)11-15(12)16(18)13-7-5-3-2-4-6-8-13/h7,9-11,16H,2-6,8,18H2,1H3/b13-7+. The van der Waals surface area contributed by atoms with Crippen molar-refractivity contribution in [2.75, 3.05) is 0 Å². The summed E-state index contributed by atoms with van der Waals surface area (Å²) in [5.74, 6) is 0. The zero-order chi connectivity index (χ0) is 13.0. The van der Waals surface area contributed by atoms with E-state index in [4.69, 9.17) is 17.3 Å². The monoisotopic (exact) mass is 263 g/mol. The third-order valence-electron chi connectivity index (χ3n) is 3.80. The maximum absolute atomic E-state index is 6.43. The van der Waals surface area contributed by atoms with Crippen molar-refractivity contribution >= 4 is 11.6 Å². The van der Waals surface area contributed by atoms with E-state index in [2.05, 4.69) is 19.1 Å². The van der Waals surface area contributed by atoms with Gasteiger partial charge in [-0.1, -0.05) is 42.2 Å². The SMILES string of the molecule is Cc1ccc(Cl)cc1C(N)/C1=C/CCCCCC1. The van der Waals surface area contributed by atoms with Crippen LogP contribution in [0.2, 0.25) is 5.02 Å². The van der Waals surface area contributed by atoms with Gasteiger partial charge >= 0.3 is 0 Å². The number of allylic oxidation sites excluding steroid dienone is 1. The molecule has 0 aliphatic heterocycles. The molecule has 1 nitrogen and oxygen atoms in total. The van der Waals surface area contributed by atoms with Gasteiger partial charge in [-0.15, -0.1) is 0 Å². The Bertz CT molecular complexity index is 437. The average Bonchev–Trinajstić information content (AvgIpc) is 2.31. The van der Waals surface area contributed by atoms with Crippen molar-refractivity contribution < 1.29 is 0 Å². The van der Waals surface area contributed by atoms with E-state index < -0.39 is 0 Å². The zero-order valence-corrected chi connectivity index (χ0v) is 11.8. The van der Waals surface area contributed by atoms with Crippen LogP contribution in [0.5, 0.6) is 0 Å². The van der Waals surface area contributed by atoms with Crippen LogP contribution < -0.4 is 5.73 Å². The fourth-order valence-corrected chi connectivity index (χ4v) is 2.83. The summed E-state index contributed by atoms with van der Waals surface area (Å²) in [5, 5.41) is 0.775. The van der Waals surface area contributed by atoms with Crippen molar-refractivity contribution in [2.45, 2.75) is 51.5 Å². The quantitative estimate of drug-likeness (QED) is 0.753. The van der Waals surface area contributed by atoms with Crippen LogP contribution in [0.25, 0.3) is 0 Å². The summed E-state index contributed by atoms with van der Waals surface area (Å²) in [7, 11) is 0. The first-order valence-electron chi connectivity index (χ1n) is 6.89. The van der Waals surface area contributed by atoms with Gasteiger partial charge in [0.1, 0.15) is 0 Å². The first-order chi connectivity index (χ1) is 8.68. The normalized spacial score (nSPS) is 21.6. The maximum atomic E-state index is 6.43. The topological polar surface area (TPSA) is 26.0 Å². The molecule has 1 unspecified atom stereocenters. The fourth-order valence-electron chi connectivity index (χ4n) is 2.65. The van der Waals surface area contributed by atoms with Crippen LogP contribution in [0.15, 0.2) is 29.8 Å². The lowest BCUT2D eigenvalue weighted by molar-refractivity contribution is 0.602. The van der Waals surface area contributed by atoms with Gasteiger partial charge in [0.25, 0.3) is 0 Å². The highest BCUT2D eigenvalue weighted by molar-refractivity contribution is 6.30. The lowest BCUT2D eigenvalue weighted by Crippen LogP contribution is -2.15. The van der Waals surface area contributed by atoms with E-state index in [1.807, 2.05) is 12.1 Å². The molecule has 0 amide bonds.